The van der Waals surface area contributed by atoms with Crippen LogP contribution in [-0.2, 0) is 16.1 Å². The Morgan fingerprint density at radius 2 is 1.66 bits per heavy atom. The highest BCUT2D eigenvalue weighted by Gasteiger charge is 2.16. The molecule has 0 radical (unpaired) electrons. The Hall–Kier alpha value is -3.06. The van der Waals surface area contributed by atoms with Crippen molar-refractivity contribution in [1.82, 2.24) is 4.90 Å². The van der Waals surface area contributed by atoms with Crippen molar-refractivity contribution in [3.05, 3.63) is 59.7 Å². The van der Waals surface area contributed by atoms with Gasteiger partial charge in [-0.05, 0) is 42.0 Å². The maximum atomic E-state index is 12.7. The van der Waals surface area contributed by atoms with Crippen molar-refractivity contribution < 1.29 is 28.9 Å². The van der Waals surface area contributed by atoms with E-state index >= 15 is 0 Å². The van der Waals surface area contributed by atoms with Crippen molar-refractivity contribution in [3.8, 4) is 11.5 Å². The van der Waals surface area contributed by atoms with E-state index in [1.807, 2.05) is 24.3 Å². The fourth-order valence-electron chi connectivity index (χ4n) is 3.06. The molecule has 7 heteroatoms. The molecule has 1 aliphatic heterocycles. The predicted octanol–water partition coefficient (Wildman–Crippen LogP) is 2.98. The number of aliphatic carboxylic acids is 1. The number of hydrogen-bond acceptors (Lipinski definition) is 5. The zero-order valence-electron chi connectivity index (χ0n) is 16.4. The van der Waals surface area contributed by atoms with Crippen LogP contribution in [0.2, 0.25) is 0 Å². The van der Waals surface area contributed by atoms with E-state index in [1.54, 1.807) is 36.2 Å². The summed E-state index contributed by atoms with van der Waals surface area (Å²) in [6.07, 6.45) is 1.92. The molecule has 2 aromatic rings. The lowest BCUT2D eigenvalue weighted by Crippen LogP contribution is -2.26. The van der Waals surface area contributed by atoms with Crippen LogP contribution in [0.1, 0.15) is 28.8 Å². The van der Waals surface area contributed by atoms with E-state index in [0.29, 0.717) is 17.9 Å². The van der Waals surface area contributed by atoms with Crippen molar-refractivity contribution in [2.45, 2.75) is 25.5 Å². The van der Waals surface area contributed by atoms with Crippen molar-refractivity contribution in [2.75, 3.05) is 26.9 Å². The van der Waals surface area contributed by atoms with Crippen LogP contribution in [0, 0.1) is 0 Å². The number of rotatable bonds is 8. The monoisotopic (exact) mass is 399 g/mol. The van der Waals surface area contributed by atoms with Crippen LogP contribution in [0.3, 0.4) is 0 Å². The molecule has 0 saturated carbocycles. The van der Waals surface area contributed by atoms with E-state index in [4.69, 9.17) is 19.3 Å². The van der Waals surface area contributed by atoms with Gasteiger partial charge in [0.15, 0.2) is 6.61 Å². The number of carbonyl (C=O) groups is 2. The molecule has 1 N–H and O–H groups in total. The summed E-state index contributed by atoms with van der Waals surface area (Å²) in [5.41, 5.74) is 1.51. The van der Waals surface area contributed by atoms with Gasteiger partial charge in [-0.25, -0.2) is 4.79 Å². The Morgan fingerprint density at radius 1 is 1.03 bits per heavy atom. The summed E-state index contributed by atoms with van der Waals surface area (Å²) in [5.74, 6) is 0.121. The van der Waals surface area contributed by atoms with Crippen molar-refractivity contribution >= 4 is 11.9 Å². The van der Waals surface area contributed by atoms with Gasteiger partial charge in [-0.1, -0.05) is 12.1 Å². The topological polar surface area (TPSA) is 85.3 Å². The lowest BCUT2D eigenvalue weighted by atomic mass is 10.1. The lowest BCUT2D eigenvalue weighted by molar-refractivity contribution is -0.139. The van der Waals surface area contributed by atoms with Gasteiger partial charge in [0.05, 0.1) is 13.2 Å². The van der Waals surface area contributed by atoms with E-state index in [-0.39, 0.29) is 18.6 Å². The number of amides is 1. The van der Waals surface area contributed by atoms with Crippen LogP contribution in [-0.4, -0.2) is 54.9 Å². The molecule has 154 valence electrons. The first-order valence-electron chi connectivity index (χ1n) is 9.55. The van der Waals surface area contributed by atoms with Crippen molar-refractivity contribution in [2.24, 2.45) is 0 Å². The highest BCUT2D eigenvalue weighted by atomic mass is 16.5. The van der Waals surface area contributed by atoms with Gasteiger partial charge in [0.1, 0.15) is 17.6 Å². The first-order valence-corrected chi connectivity index (χ1v) is 9.55. The molecule has 0 spiro atoms. The smallest absolute Gasteiger partial charge is 0.341 e. The van der Waals surface area contributed by atoms with Crippen LogP contribution >= 0.6 is 0 Å². The summed E-state index contributed by atoms with van der Waals surface area (Å²) in [6, 6.07) is 14.2. The third-order valence-electron chi connectivity index (χ3n) is 4.62. The molecule has 0 bridgehead atoms. The van der Waals surface area contributed by atoms with Crippen LogP contribution in [0.4, 0.5) is 0 Å². The SMILES string of the molecule is CN(Cc1ccc(OCC(=O)O)cc1)C(=O)c1ccc(OC2CCOCC2)cc1. The molecule has 0 aromatic heterocycles. The molecule has 29 heavy (non-hydrogen) atoms. The molecule has 1 aliphatic rings. The summed E-state index contributed by atoms with van der Waals surface area (Å²) in [4.78, 5) is 24.8. The minimum atomic E-state index is -1.02. The molecule has 0 atom stereocenters. The zero-order chi connectivity index (χ0) is 20.6. The van der Waals surface area contributed by atoms with E-state index in [9.17, 15) is 9.59 Å². The quantitative estimate of drug-likeness (QED) is 0.735. The van der Waals surface area contributed by atoms with Gasteiger partial charge in [0.25, 0.3) is 5.91 Å². The molecule has 0 aliphatic carbocycles. The van der Waals surface area contributed by atoms with Crippen LogP contribution in [0.5, 0.6) is 11.5 Å². The second kappa shape index (κ2) is 9.93. The molecule has 2 aromatic carbocycles. The summed E-state index contributed by atoms with van der Waals surface area (Å²) >= 11 is 0. The van der Waals surface area contributed by atoms with Crippen LogP contribution in [0.25, 0.3) is 0 Å². The zero-order valence-corrected chi connectivity index (χ0v) is 16.4. The highest BCUT2D eigenvalue weighted by molar-refractivity contribution is 5.94. The van der Waals surface area contributed by atoms with Crippen LogP contribution < -0.4 is 9.47 Å². The Morgan fingerprint density at radius 3 is 2.28 bits per heavy atom. The minimum Gasteiger partial charge on any atom is -0.490 e. The second-order valence-corrected chi connectivity index (χ2v) is 6.94. The Balaban J connectivity index is 1.53. The first-order chi connectivity index (χ1) is 14.0. The standard InChI is InChI=1S/C22H25NO6/c1-23(14-16-2-6-18(7-3-16)28-15-21(24)25)22(26)17-4-8-19(9-5-17)29-20-10-12-27-13-11-20/h2-9,20H,10-15H2,1H3,(H,24,25). The van der Waals surface area contributed by atoms with Crippen molar-refractivity contribution in [3.63, 3.8) is 0 Å². The Bertz CT molecular complexity index is 812. The number of carboxylic acid groups (broad SMARTS) is 1. The predicted molar refractivity (Wildman–Crippen MR) is 106 cm³/mol. The van der Waals surface area contributed by atoms with E-state index in [0.717, 1.165) is 37.4 Å². The molecular weight excluding hydrogens is 374 g/mol. The van der Waals surface area contributed by atoms with E-state index < -0.39 is 5.97 Å². The molecule has 1 heterocycles. The Kier molecular flexibility index (Phi) is 7.08. The molecule has 1 saturated heterocycles. The van der Waals surface area contributed by atoms with Gasteiger partial charge >= 0.3 is 5.97 Å². The lowest BCUT2D eigenvalue weighted by Gasteiger charge is -2.23. The molecule has 1 fully saturated rings. The molecule has 3 rings (SSSR count). The highest BCUT2D eigenvalue weighted by Crippen LogP contribution is 2.20. The fourth-order valence-corrected chi connectivity index (χ4v) is 3.06. The van der Waals surface area contributed by atoms with E-state index in [2.05, 4.69) is 0 Å². The van der Waals surface area contributed by atoms with E-state index in [1.165, 1.54) is 0 Å². The van der Waals surface area contributed by atoms with Crippen LogP contribution in [0.15, 0.2) is 48.5 Å². The van der Waals surface area contributed by atoms with Gasteiger partial charge in [0, 0.05) is 32.0 Å². The molecule has 7 nitrogen and oxygen atoms in total. The largest absolute Gasteiger partial charge is 0.490 e. The second-order valence-electron chi connectivity index (χ2n) is 6.94. The maximum Gasteiger partial charge on any atom is 0.341 e. The normalized spacial score (nSPS) is 14.2. The van der Waals surface area contributed by atoms with Crippen molar-refractivity contribution in [1.29, 1.82) is 0 Å². The van der Waals surface area contributed by atoms with Gasteiger partial charge in [-0.15, -0.1) is 0 Å². The Labute approximate surface area is 169 Å². The summed E-state index contributed by atoms with van der Waals surface area (Å²) in [5, 5.41) is 8.63. The van der Waals surface area contributed by atoms with Gasteiger partial charge in [-0.2, -0.15) is 0 Å². The van der Waals surface area contributed by atoms with Gasteiger partial charge in [-0.3, -0.25) is 4.79 Å². The number of hydrogen-bond donors (Lipinski definition) is 1. The maximum absolute atomic E-state index is 12.7. The van der Waals surface area contributed by atoms with Gasteiger partial charge < -0.3 is 24.2 Å². The summed E-state index contributed by atoms with van der Waals surface area (Å²) in [7, 11) is 1.74. The third-order valence-corrected chi connectivity index (χ3v) is 4.62. The number of benzene rings is 2. The summed E-state index contributed by atoms with van der Waals surface area (Å²) in [6.45, 7) is 1.49. The first kappa shape index (κ1) is 20.7. The number of nitrogens with zero attached hydrogens (tertiary/aromatic N) is 1. The average molecular weight is 399 g/mol. The fraction of sp³-hybridized carbons (Fsp3) is 0.364. The summed E-state index contributed by atoms with van der Waals surface area (Å²) < 4.78 is 16.4. The molecule has 0 unspecified atom stereocenters. The average Bonchev–Trinajstić information content (AvgIpc) is 2.74. The molecule has 1 amide bonds. The number of carboxylic acids is 1. The number of ether oxygens (including phenoxy) is 3. The third kappa shape index (κ3) is 6.22. The molecular formula is C22H25NO6. The minimum absolute atomic E-state index is 0.0891. The number of carbonyl (C=O) groups excluding carboxylic acids is 1. The van der Waals surface area contributed by atoms with Gasteiger partial charge in [0.2, 0.25) is 0 Å².